The number of benzene rings is 1. The minimum absolute atomic E-state index is 0.180. The Kier molecular flexibility index (Phi) is 4.69. The van der Waals surface area contributed by atoms with E-state index in [0.717, 1.165) is 28.8 Å². The van der Waals surface area contributed by atoms with Crippen LogP contribution in [0.3, 0.4) is 0 Å². The second kappa shape index (κ2) is 7.63. The van der Waals surface area contributed by atoms with Crippen molar-refractivity contribution < 1.29 is 9.21 Å². The molecule has 0 unspecified atom stereocenters. The van der Waals surface area contributed by atoms with Crippen LogP contribution in [0.1, 0.15) is 16.2 Å². The van der Waals surface area contributed by atoms with E-state index in [-0.39, 0.29) is 5.91 Å². The number of para-hydroxylation sites is 1. The summed E-state index contributed by atoms with van der Waals surface area (Å²) in [7, 11) is 0. The summed E-state index contributed by atoms with van der Waals surface area (Å²) in [6.45, 7) is 1.52. The van der Waals surface area contributed by atoms with E-state index < -0.39 is 0 Å². The summed E-state index contributed by atoms with van der Waals surface area (Å²) in [5, 5.41) is 8.65. The van der Waals surface area contributed by atoms with Gasteiger partial charge in [0.1, 0.15) is 11.4 Å². The molecule has 0 radical (unpaired) electrons. The Labute approximate surface area is 171 Å². The number of thioether (sulfide) groups is 1. The van der Waals surface area contributed by atoms with Crippen LogP contribution in [0.2, 0.25) is 0 Å². The van der Waals surface area contributed by atoms with E-state index in [1.54, 1.807) is 34.8 Å². The van der Waals surface area contributed by atoms with E-state index in [4.69, 9.17) is 4.42 Å². The van der Waals surface area contributed by atoms with Crippen LogP contribution in [0.15, 0.2) is 70.6 Å². The zero-order valence-electron chi connectivity index (χ0n) is 15.6. The SMILES string of the molecule is O=C(NCCc1cn2c(n1)SCC2)c1cc(-c2ccco2)nn1-c1ccccc1. The zero-order chi connectivity index (χ0) is 19.6. The van der Waals surface area contributed by atoms with Gasteiger partial charge in [0.2, 0.25) is 0 Å². The lowest BCUT2D eigenvalue weighted by Gasteiger charge is -2.08. The summed E-state index contributed by atoms with van der Waals surface area (Å²) < 4.78 is 9.27. The number of nitrogens with one attached hydrogen (secondary N) is 1. The van der Waals surface area contributed by atoms with Gasteiger partial charge in [-0.05, 0) is 24.3 Å². The number of rotatable bonds is 6. The summed E-state index contributed by atoms with van der Waals surface area (Å²) in [5.74, 6) is 1.53. The van der Waals surface area contributed by atoms with Gasteiger partial charge in [-0.2, -0.15) is 5.10 Å². The Balaban J connectivity index is 1.35. The van der Waals surface area contributed by atoms with Gasteiger partial charge in [-0.25, -0.2) is 9.67 Å². The first-order valence-corrected chi connectivity index (χ1v) is 10.4. The molecule has 0 aliphatic carbocycles. The molecular weight excluding hydrogens is 386 g/mol. The van der Waals surface area contributed by atoms with Gasteiger partial charge in [0.05, 0.1) is 17.6 Å². The van der Waals surface area contributed by atoms with E-state index in [0.29, 0.717) is 30.1 Å². The second-order valence-corrected chi connectivity index (χ2v) is 7.76. The first kappa shape index (κ1) is 17.8. The highest BCUT2D eigenvalue weighted by Crippen LogP contribution is 2.25. The fraction of sp³-hybridized carbons (Fsp3) is 0.190. The maximum Gasteiger partial charge on any atom is 0.270 e. The number of aromatic nitrogens is 4. The number of carbonyl (C=O) groups excluding carboxylic acids is 1. The molecule has 146 valence electrons. The fourth-order valence-electron chi connectivity index (χ4n) is 3.33. The molecule has 0 spiro atoms. The molecule has 0 atom stereocenters. The van der Waals surface area contributed by atoms with E-state index >= 15 is 0 Å². The average molecular weight is 405 g/mol. The third kappa shape index (κ3) is 3.58. The first-order valence-electron chi connectivity index (χ1n) is 9.44. The van der Waals surface area contributed by atoms with Gasteiger partial charge in [-0.1, -0.05) is 30.0 Å². The zero-order valence-corrected chi connectivity index (χ0v) is 16.4. The number of fused-ring (bicyclic) bond motifs is 1. The third-order valence-corrected chi connectivity index (χ3v) is 5.71. The van der Waals surface area contributed by atoms with Gasteiger partial charge in [0, 0.05) is 37.5 Å². The lowest BCUT2D eigenvalue weighted by molar-refractivity contribution is 0.0946. The predicted octanol–water partition coefficient (Wildman–Crippen LogP) is 3.41. The molecule has 1 aliphatic rings. The Morgan fingerprint density at radius 1 is 1.21 bits per heavy atom. The molecule has 1 aliphatic heterocycles. The summed E-state index contributed by atoms with van der Waals surface area (Å²) in [4.78, 5) is 17.5. The van der Waals surface area contributed by atoms with Crippen molar-refractivity contribution in [3.63, 3.8) is 0 Å². The van der Waals surface area contributed by atoms with Crippen molar-refractivity contribution in [2.75, 3.05) is 12.3 Å². The van der Waals surface area contributed by atoms with Crippen molar-refractivity contribution in [2.24, 2.45) is 0 Å². The summed E-state index contributed by atoms with van der Waals surface area (Å²) in [6, 6.07) is 15.0. The number of nitrogens with zero attached hydrogens (tertiary/aromatic N) is 4. The number of hydrogen-bond acceptors (Lipinski definition) is 5. The van der Waals surface area contributed by atoms with Gasteiger partial charge >= 0.3 is 0 Å². The van der Waals surface area contributed by atoms with Crippen LogP contribution in [-0.2, 0) is 13.0 Å². The standard InChI is InChI=1S/C21H19N5O2S/c27-20(22-9-8-15-14-25-10-12-29-21(25)23-15)18-13-17(19-7-4-11-28-19)24-26(18)16-5-2-1-3-6-16/h1-7,11,13-14H,8-10,12H2,(H,22,27). The molecule has 7 nitrogen and oxygen atoms in total. The van der Waals surface area contributed by atoms with Crippen LogP contribution in [0.25, 0.3) is 17.1 Å². The Morgan fingerprint density at radius 2 is 2.10 bits per heavy atom. The number of hydrogen-bond donors (Lipinski definition) is 1. The lowest BCUT2D eigenvalue weighted by Crippen LogP contribution is -2.28. The molecule has 1 amide bonds. The molecule has 4 aromatic rings. The first-order chi connectivity index (χ1) is 14.3. The fourth-order valence-corrected chi connectivity index (χ4v) is 4.29. The highest BCUT2D eigenvalue weighted by atomic mass is 32.2. The van der Waals surface area contributed by atoms with Crippen LogP contribution in [0.4, 0.5) is 0 Å². The van der Waals surface area contributed by atoms with Crippen molar-refractivity contribution in [1.29, 1.82) is 0 Å². The predicted molar refractivity (Wildman–Crippen MR) is 110 cm³/mol. The highest BCUT2D eigenvalue weighted by Gasteiger charge is 2.19. The molecule has 0 saturated carbocycles. The smallest absolute Gasteiger partial charge is 0.270 e. The molecular formula is C21H19N5O2S. The average Bonchev–Trinajstić information content (AvgIpc) is 3.51. The van der Waals surface area contributed by atoms with Gasteiger partial charge in [0.25, 0.3) is 5.91 Å². The van der Waals surface area contributed by atoms with E-state index in [2.05, 4.69) is 26.2 Å². The maximum atomic E-state index is 12.9. The Hall–Kier alpha value is -3.26. The van der Waals surface area contributed by atoms with Gasteiger partial charge in [-0.3, -0.25) is 4.79 Å². The molecule has 5 rings (SSSR count). The van der Waals surface area contributed by atoms with Crippen molar-refractivity contribution in [3.8, 4) is 17.1 Å². The lowest BCUT2D eigenvalue weighted by atomic mass is 10.2. The minimum atomic E-state index is -0.180. The topological polar surface area (TPSA) is 77.9 Å². The maximum absolute atomic E-state index is 12.9. The van der Waals surface area contributed by atoms with Crippen LogP contribution in [0, 0.1) is 0 Å². The van der Waals surface area contributed by atoms with Crippen molar-refractivity contribution in [1.82, 2.24) is 24.6 Å². The molecule has 4 heterocycles. The molecule has 29 heavy (non-hydrogen) atoms. The Bertz CT molecular complexity index is 1110. The summed E-state index contributed by atoms with van der Waals surface area (Å²) in [6.07, 6.45) is 4.36. The van der Waals surface area contributed by atoms with Crippen LogP contribution in [0.5, 0.6) is 0 Å². The number of aryl methyl sites for hydroxylation is 1. The molecule has 1 N–H and O–H groups in total. The van der Waals surface area contributed by atoms with Crippen molar-refractivity contribution in [3.05, 3.63) is 72.4 Å². The van der Waals surface area contributed by atoms with E-state index in [1.165, 1.54) is 0 Å². The Morgan fingerprint density at radius 3 is 2.90 bits per heavy atom. The monoisotopic (exact) mass is 405 g/mol. The highest BCUT2D eigenvalue weighted by molar-refractivity contribution is 7.99. The van der Waals surface area contributed by atoms with E-state index in [9.17, 15) is 4.79 Å². The van der Waals surface area contributed by atoms with Gasteiger partial charge < -0.3 is 14.3 Å². The van der Waals surface area contributed by atoms with Gasteiger partial charge in [0.15, 0.2) is 10.9 Å². The molecule has 0 fully saturated rings. The molecule has 0 bridgehead atoms. The van der Waals surface area contributed by atoms with E-state index in [1.807, 2.05) is 36.4 Å². The number of amides is 1. The number of furan rings is 1. The summed E-state index contributed by atoms with van der Waals surface area (Å²) >= 11 is 1.77. The van der Waals surface area contributed by atoms with Gasteiger partial charge in [-0.15, -0.1) is 0 Å². The normalized spacial score (nSPS) is 12.8. The van der Waals surface area contributed by atoms with Crippen LogP contribution in [-0.4, -0.2) is 37.5 Å². The molecule has 1 aromatic carbocycles. The molecule has 8 heteroatoms. The van der Waals surface area contributed by atoms with Crippen LogP contribution < -0.4 is 5.32 Å². The molecule has 0 saturated heterocycles. The number of carbonyl (C=O) groups is 1. The van der Waals surface area contributed by atoms with Crippen LogP contribution >= 0.6 is 11.8 Å². The third-order valence-electron chi connectivity index (χ3n) is 4.74. The largest absolute Gasteiger partial charge is 0.463 e. The quantitative estimate of drug-likeness (QED) is 0.532. The minimum Gasteiger partial charge on any atom is -0.463 e. The molecule has 3 aromatic heterocycles. The second-order valence-electron chi connectivity index (χ2n) is 6.70. The van der Waals surface area contributed by atoms with Crippen molar-refractivity contribution in [2.45, 2.75) is 18.1 Å². The van der Waals surface area contributed by atoms with Crippen molar-refractivity contribution >= 4 is 17.7 Å². The number of imidazole rings is 1. The summed E-state index contributed by atoms with van der Waals surface area (Å²) in [5.41, 5.74) is 2.90.